The zero-order chi connectivity index (χ0) is 22.4. The number of hydrogen-bond donors (Lipinski definition) is 1. The largest absolute Gasteiger partial charge is 0.466 e. The highest BCUT2D eigenvalue weighted by Crippen LogP contribution is 2.42. The topological polar surface area (TPSA) is 103 Å². The van der Waals surface area contributed by atoms with Gasteiger partial charge in [0.1, 0.15) is 17.8 Å². The molecule has 0 aromatic carbocycles. The normalized spacial score (nSPS) is 22.5. The molecule has 11 heteroatoms. The van der Waals surface area contributed by atoms with Crippen molar-refractivity contribution in [1.82, 2.24) is 29.2 Å². The van der Waals surface area contributed by atoms with Gasteiger partial charge in [0.05, 0.1) is 12.5 Å². The van der Waals surface area contributed by atoms with E-state index in [0.717, 1.165) is 42.8 Å². The quantitative estimate of drug-likeness (QED) is 0.629. The van der Waals surface area contributed by atoms with E-state index in [2.05, 4.69) is 36.3 Å². The van der Waals surface area contributed by atoms with Gasteiger partial charge in [-0.3, -0.25) is 4.90 Å². The number of ether oxygens (including phenoxy) is 1. The van der Waals surface area contributed by atoms with Crippen LogP contribution >= 0.6 is 11.5 Å². The van der Waals surface area contributed by atoms with E-state index in [-0.39, 0.29) is 12.1 Å². The minimum atomic E-state index is -0.0130. The number of fused-ring (bicyclic) bond motifs is 2. The summed E-state index contributed by atoms with van der Waals surface area (Å²) in [5, 5.41) is 1.62. The Kier molecular flexibility index (Phi) is 5.36. The monoisotopic (exact) mass is 456 g/mol. The molecule has 1 aliphatic carbocycles. The molecule has 10 nitrogen and oxygen atoms in total. The molecule has 3 aromatic rings. The maximum Gasteiger partial charge on any atom is 0.329 e. The molecule has 1 saturated carbocycles. The van der Waals surface area contributed by atoms with Crippen LogP contribution in [0.4, 0.5) is 15.7 Å². The van der Waals surface area contributed by atoms with Crippen LogP contribution in [0.15, 0.2) is 18.6 Å². The molecule has 32 heavy (non-hydrogen) atoms. The number of nitrogens with one attached hydrogen (secondary N) is 1. The molecular weight excluding hydrogens is 428 g/mol. The van der Waals surface area contributed by atoms with Gasteiger partial charge in [-0.2, -0.15) is 4.98 Å². The van der Waals surface area contributed by atoms with Crippen molar-refractivity contribution in [2.24, 2.45) is 11.8 Å². The number of likely N-dealkylation sites (tertiary alicyclic amines) is 1. The number of rotatable bonds is 5. The van der Waals surface area contributed by atoms with Gasteiger partial charge >= 0.3 is 12.0 Å². The molecule has 4 heterocycles. The first-order valence-corrected chi connectivity index (χ1v) is 11.7. The summed E-state index contributed by atoms with van der Waals surface area (Å²) < 4.78 is 9.26. The Hall–Kier alpha value is -2.95. The Bertz CT molecular complexity index is 1100. The van der Waals surface area contributed by atoms with E-state index in [1.54, 1.807) is 11.2 Å². The second-order valence-electron chi connectivity index (χ2n) is 8.91. The highest BCUT2D eigenvalue weighted by molar-refractivity contribution is 7.10. The maximum atomic E-state index is 13.4. The number of H-pyrrole nitrogens is 1. The smallest absolute Gasteiger partial charge is 0.329 e. The molecule has 0 spiro atoms. The summed E-state index contributed by atoms with van der Waals surface area (Å²) >= 11 is 1.19. The molecule has 0 radical (unpaired) electrons. The van der Waals surface area contributed by atoms with Crippen LogP contribution < -0.4 is 14.5 Å². The van der Waals surface area contributed by atoms with Gasteiger partial charge < -0.3 is 19.5 Å². The Morgan fingerprint density at radius 2 is 2.03 bits per heavy atom. The van der Waals surface area contributed by atoms with Crippen molar-refractivity contribution in [3.63, 3.8) is 0 Å². The van der Waals surface area contributed by atoms with Gasteiger partial charge in [0, 0.05) is 50.0 Å². The summed E-state index contributed by atoms with van der Waals surface area (Å²) in [5.74, 6) is 1.95. The predicted molar refractivity (Wildman–Crippen MR) is 123 cm³/mol. The molecule has 5 rings (SSSR count). The number of urea groups is 1. The number of anilines is 2. The van der Waals surface area contributed by atoms with E-state index in [0.29, 0.717) is 29.0 Å². The van der Waals surface area contributed by atoms with Gasteiger partial charge in [-0.1, -0.05) is 0 Å². The fourth-order valence-electron chi connectivity index (χ4n) is 5.11. The van der Waals surface area contributed by atoms with E-state index in [9.17, 15) is 4.79 Å². The van der Waals surface area contributed by atoms with Gasteiger partial charge in [-0.05, 0) is 44.6 Å². The first-order chi connectivity index (χ1) is 15.5. The van der Waals surface area contributed by atoms with E-state index < -0.39 is 0 Å². The molecule has 1 aliphatic heterocycles. The summed E-state index contributed by atoms with van der Waals surface area (Å²) in [6.07, 6.45) is 5.62. The number of carbonyl (C=O) groups is 1. The number of carbonyl (C=O) groups excluding carboxylic acids is 1. The van der Waals surface area contributed by atoms with Crippen LogP contribution in [0.2, 0.25) is 0 Å². The molecule has 2 fully saturated rings. The Balaban J connectivity index is 1.27. The van der Waals surface area contributed by atoms with Crippen LogP contribution in [-0.4, -0.2) is 74.6 Å². The van der Waals surface area contributed by atoms with Gasteiger partial charge in [-0.15, -0.1) is 4.37 Å². The summed E-state index contributed by atoms with van der Waals surface area (Å²) in [5.41, 5.74) is 0.860. The lowest BCUT2D eigenvalue weighted by atomic mass is 10.0. The Labute approximate surface area is 190 Å². The standard InChI is InChI=1S/C21H28N8O2S/c1-12(2)29(20-25-19(31-4)26-32-20)21(30)28-9-13-7-15(8-14(13)10-28)27(3)18-16-5-6-22-17(16)23-11-24-18/h5-6,11-15H,7-10H2,1-4H3,(H,22,23,24)/t13-,14+,15?. The average Bonchev–Trinajstić information content (AvgIpc) is 3.55. The van der Waals surface area contributed by atoms with Crippen LogP contribution in [0.5, 0.6) is 6.01 Å². The summed E-state index contributed by atoms with van der Waals surface area (Å²) in [4.78, 5) is 35.7. The molecule has 0 bridgehead atoms. The highest BCUT2D eigenvalue weighted by atomic mass is 32.1. The molecule has 1 unspecified atom stereocenters. The second-order valence-corrected chi connectivity index (χ2v) is 9.64. The van der Waals surface area contributed by atoms with E-state index >= 15 is 0 Å². The molecule has 2 aliphatic rings. The molecule has 3 atom stereocenters. The number of nitrogens with zero attached hydrogens (tertiary/aromatic N) is 7. The number of aromatic nitrogens is 5. The fraction of sp³-hybridized carbons (Fsp3) is 0.571. The summed E-state index contributed by atoms with van der Waals surface area (Å²) in [6.45, 7) is 5.54. The van der Waals surface area contributed by atoms with E-state index in [1.807, 2.05) is 31.0 Å². The number of methoxy groups -OCH3 is 1. The third-order valence-corrected chi connectivity index (χ3v) is 7.42. The maximum absolute atomic E-state index is 13.4. The Morgan fingerprint density at radius 3 is 2.69 bits per heavy atom. The summed E-state index contributed by atoms with van der Waals surface area (Å²) in [6, 6.07) is 2.72. The van der Waals surface area contributed by atoms with Crippen molar-refractivity contribution < 1.29 is 9.53 Å². The van der Waals surface area contributed by atoms with Crippen LogP contribution in [0.3, 0.4) is 0 Å². The van der Waals surface area contributed by atoms with E-state index in [1.165, 1.54) is 18.6 Å². The minimum absolute atomic E-state index is 0.00272. The molecule has 170 valence electrons. The SMILES string of the molecule is COc1nsc(N(C(=O)N2C[C@H]3CC(N(C)c4ncnc5[nH]ccc45)C[C@H]3C2)C(C)C)n1. The van der Waals surface area contributed by atoms with Gasteiger partial charge in [0.2, 0.25) is 5.13 Å². The first kappa shape index (κ1) is 20.9. The lowest BCUT2D eigenvalue weighted by molar-refractivity contribution is 0.209. The second kappa shape index (κ2) is 8.19. The molecule has 1 saturated heterocycles. The van der Waals surface area contributed by atoms with Crippen LogP contribution in [0, 0.1) is 11.8 Å². The number of amides is 2. The summed E-state index contributed by atoms with van der Waals surface area (Å²) in [7, 11) is 3.65. The molecule has 3 aromatic heterocycles. The minimum Gasteiger partial charge on any atom is -0.466 e. The Morgan fingerprint density at radius 1 is 1.28 bits per heavy atom. The van der Waals surface area contributed by atoms with Crippen molar-refractivity contribution >= 4 is 39.5 Å². The van der Waals surface area contributed by atoms with Gasteiger partial charge in [0.15, 0.2) is 0 Å². The average molecular weight is 457 g/mol. The number of hydrogen-bond acceptors (Lipinski definition) is 8. The molecule has 1 N–H and O–H groups in total. The van der Waals surface area contributed by atoms with E-state index in [4.69, 9.17) is 4.74 Å². The van der Waals surface area contributed by atoms with Gasteiger partial charge in [-0.25, -0.2) is 14.8 Å². The lowest BCUT2D eigenvalue weighted by Gasteiger charge is -2.31. The third-order valence-electron chi connectivity index (χ3n) is 6.72. The molecular formula is C21H28N8O2S. The third kappa shape index (κ3) is 3.54. The zero-order valence-electron chi connectivity index (χ0n) is 18.7. The highest BCUT2D eigenvalue weighted by Gasteiger charge is 2.45. The van der Waals surface area contributed by atoms with Crippen molar-refractivity contribution in [1.29, 1.82) is 0 Å². The van der Waals surface area contributed by atoms with Crippen LogP contribution in [0.1, 0.15) is 26.7 Å². The zero-order valence-corrected chi connectivity index (χ0v) is 19.5. The first-order valence-electron chi connectivity index (χ1n) is 10.9. The predicted octanol–water partition coefficient (Wildman–Crippen LogP) is 3.00. The van der Waals surface area contributed by atoms with Crippen molar-refractivity contribution in [2.45, 2.75) is 38.8 Å². The fourth-order valence-corrected chi connectivity index (χ4v) is 5.88. The van der Waals surface area contributed by atoms with Crippen molar-refractivity contribution in [3.8, 4) is 6.01 Å². The lowest BCUT2D eigenvalue weighted by Crippen LogP contribution is -2.46. The van der Waals surface area contributed by atoms with Crippen LogP contribution in [0.25, 0.3) is 11.0 Å². The number of aromatic amines is 1. The van der Waals surface area contributed by atoms with Crippen LogP contribution in [-0.2, 0) is 0 Å². The molecule has 2 amide bonds. The van der Waals surface area contributed by atoms with Crippen molar-refractivity contribution in [2.75, 3.05) is 37.0 Å². The van der Waals surface area contributed by atoms with Crippen molar-refractivity contribution in [3.05, 3.63) is 18.6 Å². The van der Waals surface area contributed by atoms with Gasteiger partial charge in [0.25, 0.3) is 0 Å².